The highest BCUT2D eigenvalue weighted by Crippen LogP contribution is 2.47. The van der Waals surface area contributed by atoms with Gasteiger partial charge in [0.15, 0.2) is 0 Å². The van der Waals surface area contributed by atoms with Gasteiger partial charge in [-0.3, -0.25) is 0 Å². The maximum atomic E-state index is 6.07. The zero-order valence-corrected chi connectivity index (χ0v) is 15.2. The van der Waals surface area contributed by atoms with E-state index in [2.05, 4.69) is 49.1 Å². The summed E-state index contributed by atoms with van der Waals surface area (Å²) in [5.74, 6) is 7.63. The number of benzene rings is 1. The molecule has 0 saturated heterocycles. The van der Waals surface area contributed by atoms with E-state index in [1.165, 1.54) is 56.1 Å². The molecule has 24 heavy (non-hydrogen) atoms. The standard InChI is InChI=1S/C23H30O/c1-3-8-20(4-2)21-10-12-22(13-11-21)24-18-19-9-7-16-23(17-19)14-5-6-15-23/h10-13,17,20H,4-7,9,14-16,18H2,1-2H3/t20-/m1/s1. The Hall–Kier alpha value is -1.68. The molecule has 0 bridgehead atoms. The zero-order valence-electron chi connectivity index (χ0n) is 15.2. The Morgan fingerprint density at radius 2 is 1.79 bits per heavy atom. The molecule has 2 aliphatic carbocycles. The third-order valence-electron chi connectivity index (χ3n) is 5.72. The van der Waals surface area contributed by atoms with Crippen molar-refractivity contribution in [2.45, 2.75) is 71.1 Å². The van der Waals surface area contributed by atoms with Crippen LogP contribution in [0.2, 0.25) is 0 Å². The number of hydrogen-bond acceptors (Lipinski definition) is 1. The minimum Gasteiger partial charge on any atom is -0.489 e. The first-order valence-electron chi connectivity index (χ1n) is 9.60. The maximum Gasteiger partial charge on any atom is 0.119 e. The van der Waals surface area contributed by atoms with Crippen LogP contribution in [0.25, 0.3) is 0 Å². The van der Waals surface area contributed by atoms with E-state index >= 15 is 0 Å². The molecule has 0 aromatic heterocycles. The molecule has 1 nitrogen and oxygen atoms in total. The minimum atomic E-state index is 0.340. The summed E-state index contributed by atoms with van der Waals surface area (Å²) in [7, 11) is 0. The molecule has 2 aliphatic rings. The molecule has 1 spiro atoms. The SMILES string of the molecule is CC#C[C@@H](CC)c1ccc(OCC2=CC3(CCCC3)CCC2)cc1. The lowest BCUT2D eigenvalue weighted by Gasteiger charge is -2.31. The van der Waals surface area contributed by atoms with Crippen molar-refractivity contribution in [2.75, 3.05) is 6.61 Å². The van der Waals surface area contributed by atoms with Crippen molar-refractivity contribution in [3.05, 3.63) is 41.5 Å². The lowest BCUT2D eigenvalue weighted by molar-refractivity contribution is 0.300. The van der Waals surface area contributed by atoms with E-state index in [0.717, 1.165) is 18.8 Å². The van der Waals surface area contributed by atoms with E-state index in [-0.39, 0.29) is 0 Å². The second kappa shape index (κ2) is 7.93. The Morgan fingerprint density at radius 1 is 1.08 bits per heavy atom. The van der Waals surface area contributed by atoms with Crippen molar-refractivity contribution < 1.29 is 4.74 Å². The highest BCUT2D eigenvalue weighted by Gasteiger charge is 2.33. The van der Waals surface area contributed by atoms with Crippen LogP contribution in [0.5, 0.6) is 5.75 Å². The smallest absolute Gasteiger partial charge is 0.119 e. The van der Waals surface area contributed by atoms with Gasteiger partial charge in [-0.25, -0.2) is 0 Å². The number of rotatable bonds is 5. The first-order chi connectivity index (χ1) is 11.7. The first kappa shape index (κ1) is 17.2. The minimum absolute atomic E-state index is 0.340. The lowest BCUT2D eigenvalue weighted by atomic mass is 9.75. The molecule has 0 radical (unpaired) electrons. The summed E-state index contributed by atoms with van der Waals surface area (Å²) in [6.45, 7) is 4.86. The van der Waals surface area contributed by atoms with Gasteiger partial charge in [0, 0.05) is 5.92 Å². The molecule has 1 atom stereocenters. The Labute approximate surface area is 147 Å². The van der Waals surface area contributed by atoms with Crippen LogP contribution in [0.15, 0.2) is 35.9 Å². The summed E-state index contributed by atoms with van der Waals surface area (Å²) in [6, 6.07) is 8.54. The van der Waals surface area contributed by atoms with Crippen LogP contribution in [-0.2, 0) is 0 Å². The summed E-state index contributed by atoms with van der Waals surface area (Å²) in [5, 5.41) is 0. The van der Waals surface area contributed by atoms with Crippen LogP contribution in [0, 0.1) is 17.3 Å². The Bertz CT molecular complexity index is 620. The summed E-state index contributed by atoms with van der Waals surface area (Å²) in [4.78, 5) is 0. The van der Waals surface area contributed by atoms with Gasteiger partial charge in [-0.15, -0.1) is 5.92 Å². The van der Waals surface area contributed by atoms with Crippen molar-refractivity contribution in [2.24, 2.45) is 5.41 Å². The summed E-state index contributed by atoms with van der Waals surface area (Å²) >= 11 is 0. The normalized spacial score (nSPS) is 20.2. The largest absolute Gasteiger partial charge is 0.489 e. The van der Waals surface area contributed by atoms with Crippen LogP contribution < -0.4 is 4.74 Å². The summed E-state index contributed by atoms with van der Waals surface area (Å²) in [5.41, 5.74) is 3.32. The van der Waals surface area contributed by atoms with E-state index in [4.69, 9.17) is 4.74 Å². The van der Waals surface area contributed by atoms with Gasteiger partial charge in [0.1, 0.15) is 12.4 Å². The first-order valence-corrected chi connectivity index (χ1v) is 9.60. The molecule has 1 heteroatoms. The van der Waals surface area contributed by atoms with Crippen molar-refractivity contribution in [1.82, 2.24) is 0 Å². The molecule has 1 saturated carbocycles. The van der Waals surface area contributed by atoms with Crippen molar-refractivity contribution in [3.63, 3.8) is 0 Å². The highest BCUT2D eigenvalue weighted by molar-refractivity contribution is 5.33. The number of ether oxygens (including phenoxy) is 1. The third kappa shape index (κ3) is 4.04. The van der Waals surface area contributed by atoms with Crippen molar-refractivity contribution in [1.29, 1.82) is 0 Å². The maximum absolute atomic E-state index is 6.07. The van der Waals surface area contributed by atoms with E-state index < -0.39 is 0 Å². The molecule has 1 aromatic carbocycles. The monoisotopic (exact) mass is 322 g/mol. The van der Waals surface area contributed by atoms with Crippen LogP contribution >= 0.6 is 0 Å². The van der Waals surface area contributed by atoms with E-state index in [1.807, 2.05) is 6.92 Å². The van der Waals surface area contributed by atoms with Gasteiger partial charge < -0.3 is 4.74 Å². The Balaban J connectivity index is 1.60. The fourth-order valence-electron chi connectivity index (χ4n) is 4.40. The Morgan fingerprint density at radius 3 is 2.46 bits per heavy atom. The van der Waals surface area contributed by atoms with E-state index in [0.29, 0.717) is 11.3 Å². The predicted molar refractivity (Wildman–Crippen MR) is 101 cm³/mol. The Kier molecular flexibility index (Phi) is 5.67. The topological polar surface area (TPSA) is 9.23 Å². The average molecular weight is 322 g/mol. The summed E-state index contributed by atoms with van der Waals surface area (Å²) in [6.07, 6.45) is 13.2. The van der Waals surface area contributed by atoms with Gasteiger partial charge in [0.25, 0.3) is 0 Å². The fourth-order valence-corrected chi connectivity index (χ4v) is 4.40. The highest BCUT2D eigenvalue weighted by atomic mass is 16.5. The van der Waals surface area contributed by atoms with Gasteiger partial charge in [0.05, 0.1) is 0 Å². The van der Waals surface area contributed by atoms with Crippen LogP contribution in [0.4, 0.5) is 0 Å². The van der Waals surface area contributed by atoms with Crippen LogP contribution in [-0.4, -0.2) is 6.61 Å². The van der Waals surface area contributed by atoms with Crippen LogP contribution in [0.3, 0.4) is 0 Å². The van der Waals surface area contributed by atoms with Gasteiger partial charge in [-0.2, -0.15) is 0 Å². The van der Waals surface area contributed by atoms with E-state index in [1.54, 1.807) is 0 Å². The van der Waals surface area contributed by atoms with Crippen LogP contribution in [0.1, 0.15) is 76.7 Å². The van der Waals surface area contributed by atoms with Gasteiger partial charge in [0.2, 0.25) is 0 Å². The van der Waals surface area contributed by atoms with E-state index in [9.17, 15) is 0 Å². The fraction of sp³-hybridized carbons (Fsp3) is 0.565. The second-order valence-electron chi connectivity index (χ2n) is 7.44. The molecule has 3 rings (SSSR count). The molecule has 128 valence electrons. The molecule has 0 aliphatic heterocycles. The molecule has 1 aromatic rings. The number of hydrogen-bond donors (Lipinski definition) is 0. The molecule has 0 heterocycles. The quantitative estimate of drug-likeness (QED) is 0.459. The predicted octanol–water partition coefficient (Wildman–Crippen LogP) is 6.25. The third-order valence-corrected chi connectivity index (χ3v) is 5.72. The van der Waals surface area contributed by atoms with Gasteiger partial charge in [-0.05, 0) is 74.1 Å². The number of allylic oxidation sites excluding steroid dienone is 1. The molecule has 0 unspecified atom stereocenters. The molecule has 0 N–H and O–H groups in total. The molecular formula is C23H30O. The second-order valence-corrected chi connectivity index (χ2v) is 7.44. The molecule has 0 amide bonds. The molecular weight excluding hydrogens is 292 g/mol. The summed E-state index contributed by atoms with van der Waals surface area (Å²) < 4.78 is 6.07. The average Bonchev–Trinajstić information content (AvgIpc) is 3.06. The van der Waals surface area contributed by atoms with Gasteiger partial charge in [-0.1, -0.05) is 43.9 Å². The van der Waals surface area contributed by atoms with Crippen molar-refractivity contribution >= 4 is 0 Å². The lowest BCUT2D eigenvalue weighted by Crippen LogP contribution is -2.19. The zero-order chi connectivity index (χ0) is 16.8. The molecule has 1 fully saturated rings. The van der Waals surface area contributed by atoms with Crippen molar-refractivity contribution in [3.8, 4) is 17.6 Å². The van der Waals surface area contributed by atoms with Gasteiger partial charge >= 0.3 is 0 Å².